The Balaban J connectivity index is 1.62. The summed E-state index contributed by atoms with van der Waals surface area (Å²) in [5, 5.41) is 30.3. The third kappa shape index (κ3) is 7.07. The zero-order valence-corrected chi connectivity index (χ0v) is 25.6. The highest BCUT2D eigenvalue weighted by Gasteiger charge is 2.56. The molecule has 0 aliphatic carbocycles. The molecule has 4 aromatic rings. The van der Waals surface area contributed by atoms with Crippen molar-refractivity contribution < 1.29 is 42.1 Å². The molecule has 0 radical (unpaired) electrons. The molecule has 1 unspecified atom stereocenters. The van der Waals surface area contributed by atoms with Gasteiger partial charge in [0, 0.05) is 22.2 Å². The molecule has 10 nitrogen and oxygen atoms in total. The van der Waals surface area contributed by atoms with Gasteiger partial charge >= 0.3 is 6.18 Å². The number of halogens is 4. The van der Waals surface area contributed by atoms with E-state index in [1.165, 1.54) is 50.0 Å². The van der Waals surface area contributed by atoms with Crippen molar-refractivity contribution in [3.8, 4) is 11.4 Å². The van der Waals surface area contributed by atoms with Crippen LogP contribution in [0.4, 0.5) is 23.2 Å². The number of carbonyl (C=O) groups excluding carboxylic acids is 2. The number of ether oxygens (including phenoxy) is 1. The van der Waals surface area contributed by atoms with Crippen LogP contribution in [0.1, 0.15) is 41.8 Å². The minimum Gasteiger partial charge on any atom is -0.496 e. The summed E-state index contributed by atoms with van der Waals surface area (Å²) in [6.45, 7) is 3.14. The molecule has 0 spiro atoms. The van der Waals surface area contributed by atoms with E-state index in [1.54, 1.807) is 31.2 Å². The Kier molecular flexibility index (Phi) is 9.64. The molecule has 0 bridgehead atoms. The lowest BCUT2D eigenvalue weighted by Gasteiger charge is -2.38. The highest BCUT2D eigenvalue weighted by molar-refractivity contribution is 5.97. The summed E-state index contributed by atoms with van der Waals surface area (Å²) in [6.07, 6.45) is -4.39. The third-order valence-corrected chi connectivity index (χ3v) is 7.76. The fourth-order valence-corrected chi connectivity index (χ4v) is 5.36. The predicted molar refractivity (Wildman–Crippen MR) is 163 cm³/mol. The van der Waals surface area contributed by atoms with Crippen molar-refractivity contribution in [1.82, 2.24) is 15.1 Å². The molecular formula is C32H35F4N5O5. The van der Waals surface area contributed by atoms with Gasteiger partial charge in [-0.05, 0) is 78.9 Å². The van der Waals surface area contributed by atoms with Gasteiger partial charge < -0.3 is 31.3 Å². The SMILES string of the molecule is COc1ccc(F)cc1C(C)(C)CC(O)(CNc1cc(C)cc2c1cnn2-c1ccc(C(=O)N[C@@H](CO)C(N)=O)cc1)C(F)(F)F. The summed E-state index contributed by atoms with van der Waals surface area (Å²) in [7, 11) is 1.33. The normalized spacial score (nSPS) is 14.0. The van der Waals surface area contributed by atoms with Crippen LogP contribution < -0.4 is 21.1 Å². The van der Waals surface area contributed by atoms with E-state index in [9.17, 15) is 37.4 Å². The molecule has 2 amide bonds. The van der Waals surface area contributed by atoms with E-state index >= 15 is 0 Å². The first-order chi connectivity index (χ1) is 21.5. The van der Waals surface area contributed by atoms with E-state index in [0.717, 1.165) is 12.1 Å². The molecule has 1 aromatic heterocycles. The fourth-order valence-electron chi connectivity index (χ4n) is 5.36. The number of nitrogens with zero attached hydrogens (tertiary/aromatic N) is 2. The average Bonchev–Trinajstić information content (AvgIpc) is 3.41. The number of primary amides is 1. The van der Waals surface area contributed by atoms with Gasteiger partial charge in [-0.1, -0.05) is 13.8 Å². The van der Waals surface area contributed by atoms with E-state index in [4.69, 9.17) is 10.5 Å². The van der Waals surface area contributed by atoms with Crippen LogP contribution in [-0.4, -0.2) is 69.9 Å². The molecule has 246 valence electrons. The predicted octanol–water partition coefficient (Wildman–Crippen LogP) is 4.13. The number of nitrogens with two attached hydrogens (primary N) is 1. The molecule has 0 saturated carbocycles. The number of benzene rings is 3. The van der Waals surface area contributed by atoms with Gasteiger partial charge in [0.15, 0.2) is 5.60 Å². The van der Waals surface area contributed by atoms with Crippen molar-refractivity contribution in [3.63, 3.8) is 0 Å². The summed E-state index contributed by atoms with van der Waals surface area (Å²) in [6, 6.07) is 11.9. The zero-order chi connectivity index (χ0) is 34.0. The fraction of sp³-hybridized carbons (Fsp3) is 0.344. The summed E-state index contributed by atoms with van der Waals surface area (Å²) in [4.78, 5) is 23.8. The molecule has 3 aromatic carbocycles. The van der Waals surface area contributed by atoms with Crippen LogP contribution in [0.3, 0.4) is 0 Å². The number of anilines is 1. The number of aliphatic hydroxyl groups is 2. The van der Waals surface area contributed by atoms with Crippen molar-refractivity contribution in [2.75, 3.05) is 25.6 Å². The third-order valence-electron chi connectivity index (χ3n) is 7.76. The van der Waals surface area contributed by atoms with E-state index in [-0.39, 0.29) is 16.9 Å². The quantitative estimate of drug-likeness (QED) is 0.145. The number of aromatic nitrogens is 2. The Morgan fingerprint density at radius 1 is 1.09 bits per heavy atom. The van der Waals surface area contributed by atoms with Crippen LogP contribution in [0.25, 0.3) is 16.6 Å². The Morgan fingerprint density at radius 2 is 1.76 bits per heavy atom. The number of aryl methyl sites for hydroxylation is 1. The van der Waals surface area contributed by atoms with E-state index in [1.807, 2.05) is 0 Å². The molecule has 1 heterocycles. The lowest BCUT2D eigenvalue weighted by atomic mass is 9.74. The molecule has 2 atom stereocenters. The van der Waals surface area contributed by atoms with Crippen molar-refractivity contribution >= 4 is 28.4 Å². The maximum absolute atomic E-state index is 14.5. The zero-order valence-electron chi connectivity index (χ0n) is 25.6. The van der Waals surface area contributed by atoms with Crippen molar-refractivity contribution in [2.45, 2.75) is 50.4 Å². The van der Waals surface area contributed by atoms with Gasteiger partial charge in [0.1, 0.15) is 17.6 Å². The lowest BCUT2D eigenvalue weighted by Crippen LogP contribution is -2.53. The van der Waals surface area contributed by atoms with Gasteiger partial charge in [0.05, 0.1) is 37.7 Å². The number of nitrogens with one attached hydrogen (secondary N) is 2. The number of fused-ring (bicyclic) bond motifs is 1. The second kappa shape index (κ2) is 13.0. The standard InChI is InChI=1S/C32H35F4N5O5/c1-18-11-24(38-17-31(45,32(34,35)36)16-30(2,3)23-13-20(33)7-10-27(23)46-4)22-14-39-41(26(22)12-18)21-8-5-19(6-9-21)29(44)40-25(15-42)28(37)43/h5-14,25,38,42,45H,15-17H2,1-4H3,(H2,37,43)(H,40,44)/t25-,31?/m0/s1. The molecular weight excluding hydrogens is 610 g/mol. The minimum absolute atomic E-state index is 0.182. The number of hydrogen-bond donors (Lipinski definition) is 5. The van der Waals surface area contributed by atoms with Crippen molar-refractivity contribution in [3.05, 3.63) is 83.3 Å². The Labute approximate surface area is 262 Å². The van der Waals surface area contributed by atoms with Crippen LogP contribution in [0.2, 0.25) is 0 Å². The second-order valence-electron chi connectivity index (χ2n) is 11.7. The number of methoxy groups -OCH3 is 1. The van der Waals surface area contributed by atoms with Crippen LogP contribution in [0.15, 0.2) is 60.8 Å². The minimum atomic E-state index is -5.05. The van der Waals surface area contributed by atoms with E-state index in [2.05, 4.69) is 15.7 Å². The molecule has 14 heteroatoms. The van der Waals surface area contributed by atoms with Crippen LogP contribution in [0, 0.1) is 12.7 Å². The van der Waals surface area contributed by atoms with Crippen molar-refractivity contribution in [1.29, 1.82) is 0 Å². The van der Waals surface area contributed by atoms with E-state index in [0.29, 0.717) is 27.8 Å². The topological polar surface area (TPSA) is 152 Å². The summed E-state index contributed by atoms with van der Waals surface area (Å²) >= 11 is 0. The number of amides is 2. The molecule has 46 heavy (non-hydrogen) atoms. The summed E-state index contributed by atoms with van der Waals surface area (Å²) in [5.41, 5.74) is 2.99. The number of rotatable bonds is 12. The van der Waals surface area contributed by atoms with Crippen LogP contribution >= 0.6 is 0 Å². The molecule has 4 rings (SSSR count). The molecule has 6 N–H and O–H groups in total. The van der Waals surface area contributed by atoms with Crippen LogP contribution in [-0.2, 0) is 10.2 Å². The largest absolute Gasteiger partial charge is 0.496 e. The smallest absolute Gasteiger partial charge is 0.418 e. The van der Waals surface area contributed by atoms with Gasteiger partial charge in [-0.25, -0.2) is 9.07 Å². The average molecular weight is 646 g/mol. The number of carbonyl (C=O) groups is 2. The maximum Gasteiger partial charge on any atom is 0.418 e. The molecule has 0 aliphatic heterocycles. The highest BCUT2D eigenvalue weighted by Crippen LogP contribution is 2.44. The first-order valence-electron chi connectivity index (χ1n) is 14.2. The molecule has 0 fully saturated rings. The van der Waals surface area contributed by atoms with Crippen LogP contribution in [0.5, 0.6) is 5.75 Å². The Morgan fingerprint density at radius 3 is 2.35 bits per heavy atom. The molecule has 0 aliphatic rings. The second-order valence-corrected chi connectivity index (χ2v) is 11.7. The molecule has 0 saturated heterocycles. The van der Waals surface area contributed by atoms with Gasteiger partial charge in [-0.15, -0.1) is 0 Å². The Hall–Kier alpha value is -4.69. The number of aliphatic hydroxyl groups excluding tert-OH is 1. The first kappa shape index (κ1) is 34.2. The van der Waals surface area contributed by atoms with Crippen molar-refractivity contribution in [2.24, 2.45) is 5.73 Å². The number of hydrogen-bond acceptors (Lipinski definition) is 7. The van der Waals surface area contributed by atoms with Gasteiger partial charge in [-0.3, -0.25) is 9.59 Å². The summed E-state index contributed by atoms with van der Waals surface area (Å²) in [5.74, 6) is -1.97. The lowest BCUT2D eigenvalue weighted by molar-refractivity contribution is -0.260. The Bertz CT molecular complexity index is 1740. The summed E-state index contributed by atoms with van der Waals surface area (Å²) < 4.78 is 64.3. The maximum atomic E-state index is 14.5. The van der Waals surface area contributed by atoms with Gasteiger partial charge in [0.25, 0.3) is 5.91 Å². The first-order valence-corrected chi connectivity index (χ1v) is 14.2. The highest BCUT2D eigenvalue weighted by atomic mass is 19.4. The number of alkyl halides is 3. The van der Waals surface area contributed by atoms with Gasteiger partial charge in [0.2, 0.25) is 5.91 Å². The van der Waals surface area contributed by atoms with E-state index < -0.39 is 60.4 Å². The monoisotopic (exact) mass is 645 g/mol. The van der Waals surface area contributed by atoms with Gasteiger partial charge in [-0.2, -0.15) is 18.3 Å².